The van der Waals surface area contributed by atoms with Gasteiger partial charge in [-0.1, -0.05) is 11.2 Å². The fraction of sp³-hybridized carbons (Fsp3) is 0.333. The molecule has 1 aromatic carbocycles. The second-order valence-corrected chi connectivity index (χ2v) is 8.23. The number of rotatable bonds is 7. The van der Waals surface area contributed by atoms with Gasteiger partial charge in [0.1, 0.15) is 6.61 Å². The second-order valence-electron chi connectivity index (χ2n) is 6.63. The molecule has 0 bridgehead atoms. The maximum atomic E-state index is 12.6. The third-order valence-electron chi connectivity index (χ3n) is 4.30. The summed E-state index contributed by atoms with van der Waals surface area (Å²) in [5, 5.41) is 14.3. The standard InChI is InChI=1S/C18H19N3O8S/c1-30(25,26)29-17-10-15(6-7-16-8-9-19-28-16)20(11-17)18(22)27-12-13-2-4-14(5-3-13)21(23)24/h2-9,15,17H,10-12H2,1H3/b7-6+. The highest BCUT2D eigenvalue weighted by molar-refractivity contribution is 7.86. The van der Waals surface area contributed by atoms with Crippen molar-refractivity contribution in [3.63, 3.8) is 0 Å². The molecule has 0 N–H and O–H groups in total. The van der Waals surface area contributed by atoms with E-state index < -0.39 is 33.3 Å². The molecule has 0 aliphatic carbocycles. The van der Waals surface area contributed by atoms with Gasteiger partial charge >= 0.3 is 6.09 Å². The Bertz CT molecular complexity index is 1020. The summed E-state index contributed by atoms with van der Waals surface area (Å²) in [7, 11) is -3.69. The molecule has 2 atom stereocenters. The van der Waals surface area contributed by atoms with Gasteiger partial charge in [-0.2, -0.15) is 8.42 Å². The van der Waals surface area contributed by atoms with Crippen molar-refractivity contribution in [3.8, 4) is 0 Å². The molecule has 1 aliphatic heterocycles. The average molecular weight is 437 g/mol. The van der Waals surface area contributed by atoms with Crippen molar-refractivity contribution < 1.29 is 31.6 Å². The Morgan fingerprint density at radius 1 is 1.37 bits per heavy atom. The van der Waals surface area contributed by atoms with Crippen LogP contribution in [0.5, 0.6) is 0 Å². The van der Waals surface area contributed by atoms with Crippen molar-refractivity contribution in [1.29, 1.82) is 0 Å². The van der Waals surface area contributed by atoms with Crippen LogP contribution in [0.2, 0.25) is 0 Å². The molecule has 1 fully saturated rings. The number of hydrogen-bond donors (Lipinski definition) is 0. The van der Waals surface area contributed by atoms with Gasteiger partial charge in [-0.05, 0) is 23.8 Å². The number of aromatic nitrogens is 1. The quantitative estimate of drug-likeness (QED) is 0.362. The number of benzene rings is 1. The summed E-state index contributed by atoms with van der Waals surface area (Å²) in [6, 6.07) is 6.77. The Hall–Kier alpha value is -3.25. The van der Waals surface area contributed by atoms with Gasteiger partial charge in [0, 0.05) is 24.6 Å². The van der Waals surface area contributed by atoms with E-state index in [0.29, 0.717) is 11.3 Å². The van der Waals surface area contributed by atoms with E-state index in [1.165, 1.54) is 35.4 Å². The molecule has 2 aromatic rings. The number of nitro benzene ring substituents is 1. The highest BCUT2D eigenvalue weighted by atomic mass is 32.2. The molecule has 12 heteroatoms. The molecule has 0 spiro atoms. The molecule has 1 amide bonds. The summed E-state index contributed by atoms with van der Waals surface area (Å²) in [5.74, 6) is 0.474. The minimum Gasteiger partial charge on any atom is -0.445 e. The predicted octanol–water partition coefficient (Wildman–Crippen LogP) is 2.35. The summed E-state index contributed by atoms with van der Waals surface area (Å²) in [6.07, 6.45) is 4.60. The first kappa shape index (κ1) is 21.5. The second kappa shape index (κ2) is 9.05. The largest absolute Gasteiger partial charge is 0.445 e. The summed E-state index contributed by atoms with van der Waals surface area (Å²) in [4.78, 5) is 24.1. The van der Waals surface area contributed by atoms with Crippen LogP contribution in [0.1, 0.15) is 17.7 Å². The third-order valence-corrected chi connectivity index (χ3v) is 4.92. The Kier molecular flexibility index (Phi) is 6.47. The van der Waals surface area contributed by atoms with Crippen molar-refractivity contribution in [2.24, 2.45) is 0 Å². The van der Waals surface area contributed by atoms with Gasteiger partial charge in [0.25, 0.3) is 15.8 Å². The maximum Gasteiger partial charge on any atom is 0.410 e. The minimum atomic E-state index is -3.69. The van der Waals surface area contributed by atoms with E-state index in [-0.39, 0.29) is 25.3 Å². The van der Waals surface area contributed by atoms with Crippen molar-refractivity contribution in [3.05, 3.63) is 64.0 Å². The summed E-state index contributed by atoms with van der Waals surface area (Å²) >= 11 is 0. The van der Waals surface area contributed by atoms with Crippen molar-refractivity contribution >= 4 is 28.0 Å². The molecule has 11 nitrogen and oxygen atoms in total. The van der Waals surface area contributed by atoms with Crippen LogP contribution < -0.4 is 0 Å². The van der Waals surface area contributed by atoms with Crippen LogP contribution in [-0.2, 0) is 25.6 Å². The third kappa shape index (κ3) is 5.87. The van der Waals surface area contributed by atoms with E-state index in [1.54, 1.807) is 18.2 Å². The molecule has 0 radical (unpaired) electrons. The SMILES string of the molecule is CS(=O)(=O)OC1CC(/C=C/c2ccno2)N(C(=O)OCc2ccc([N+](=O)[O-])cc2)C1. The van der Waals surface area contributed by atoms with Crippen molar-refractivity contribution in [1.82, 2.24) is 10.1 Å². The fourth-order valence-corrected chi connectivity index (χ4v) is 3.63. The molecule has 1 saturated heterocycles. The molecule has 3 rings (SSSR count). The van der Waals surface area contributed by atoms with E-state index in [4.69, 9.17) is 13.4 Å². The topological polar surface area (TPSA) is 142 Å². The molecule has 1 aliphatic rings. The number of ether oxygens (including phenoxy) is 1. The van der Waals surface area contributed by atoms with Crippen LogP contribution in [-0.4, -0.2) is 54.4 Å². The van der Waals surface area contributed by atoms with Gasteiger partial charge in [0.05, 0.1) is 36.1 Å². The van der Waals surface area contributed by atoms with Crippen LogP contribution in [0, 0.1) is 10.1 Å². The number of nitrogens with zero attached hydrogens (tertiary/aromatic N) is 3. The monoisotopic (exact) mass is 437 g/mol. The Balaban J connectivity index is 1.67. The number of nitro groups is 1. The minimum absolute atomic E-state index is 0.0254. The van der Waals surface area contributed by atoms with Gasteiger partial charge in [0.15, 0.2) is 5.76 Å². The van der Waals surface area contributed by atoms with E-state index in [2.05, 4.69) is 5.16 Å². The number of carbonyl (C=O) groups excluding carboxylic acids is 1. The highest BCUT2D eigenvalue weighted by Gasteiger charge is 2.37. The zero-order valence-corrected chi connectivity index (χ0v) is 16.7. The lowest BCUT2D eigenvalue weighted by molar-refractivity contribution is -0.384. The number of amides is 1. The van der Waals surface area contributed by atoms with Crippen molar-refractivity contribution in [2.45, 2.75) is 25.2 Å². The average Bonchev–Trinajstić information content (AvgIpc) is 3.33. The van der Waals surface area contributed by atoms with E-state index in [0.717, 1.165) is 6.26 Å². The lowest BCUT2D eigenvalue weighted by atomic mass is 10.2. The molecule has 160 valence electrons. The number of carbonyl (C=O) groups is 1. The molecule has 30 heavy (non-hydrogen) atoms. The normalized spacial score (nSPS) is 19.3. The Labute approximate surface area is 172 Å². The lowest BCUT2D eigenvalue weighted by Crippen LogP contribution is -2.35. The Morgan fingerprint density at radius 3 is 2.70 bits per heavy atom. The maximum absolute atomic E-state index is 12.6. The Morgan fingerprint density at radius 2 is 2.10 bits per heavy atom. The van der Waals surface area contributed by atoms with E-state index in [1.807, 2.05) is 0 Å². The van der Waals surface area contributed by atoms with E-state index in [9.17, 15) is 23.3 Å². The molecule has 2 heterocycles. The number of hydrogen-bond acceptors (Lipinski definition) is 9. The van der Waals surface area contributed by atoms with Crippen molar-refractivity contribution in [2.75, 3.05) is 12.8 Å². The van der Waals surface area contributed by atoms with Gasteiger partial charge in [-0.15, -0.1) is 0 Å². The van der Waals surface area contributed by atoms with E-state index >= 15 is 0 Å². The van der Waals surface area contributed by atoms with Crippen LogP contribution in [0.25, 0.3) is 6.08 Å². The zero-order valence-electron chi connectivity index (χ0n) is 15.9. The molecular formula is C18H19N3O8S. The molecule has 0 saturated carbocycles. The summed E-state index contributed by atoms with van der Waals surface area (Å²) in [5.41, 5.74) is 0.508. The first-order valence-electron chi connectivity index (χ1n) is 8.85. The lowest BCUT2D eigenvalue weighted by Gasteiger charge is -2.21. The van der Waals surface area contributed by atoms with Gasteiger partial charge in [0.2, 0.25) is 0 Å². The smallest absolute Gasteiger partial charge is 0.410 e. The molecule has 2 unspecified atom stereocenters. The van der Waals surface area contributed by atoms with Gasteiger partial charge in [-0.25, -0.2) is 4.79 Å². The van der Waals surface area contributed by atoms with Crippen LogP contribution in [0.15, 0.2) is 47.1 Å². The van der Waals surface area contributed by atoms with Crippen LogP contribution in [0.4, 0.5) is 10.5 Å². The van der Waals surface area contributed by atoms with Crippen LogP contribution >= 0.6 is 0 Å². The summed E-state index contributed by atoms with van der Waals surface area (Å²) in [6.45, 7) is -0.0684. The predicted molar refractivity (Wildman–Crippen MR) is 104 cm³/mol. The fourth-order valence-electron chi connectivity index (χ4n) is 2.99. The van der Waals surface area contributed by atoms with Crippen LogP contribution in [0.3, 0.4) is 0 Å². The molecule has 1 aromatic heterocycles. The number of likely N-dealkylation sites (tertiary alicyclic amines) is 1. The van der Waals surface area contributed by atoms with Gasteiger partial charge in [-0.3, -0.25) is 19.2 Å². The first-order chi connectivity index (χ1) is 14.2. The molecular weight excluding hydrogens is 418 g/mol. The van der Waals surface area contributed by atoms with Gasteiger partial charge < -0.3 is 9.26 Å². The highest BCUT2D eigenvalue weighted by Crippen LogP contribution is 2.25. The zero-order chi connectivity index (χ0) is 21.7. The number of non-ortho nitro benzene ring substituents is 1. The first-order valence-corrected chi connectivity index (χ1v) is 10.7. The summed E-state index contributed by atoms with van der Waals surface area (Å²) < 4.78 is 38.2.